The van der Waals surface area contributed by atoms with Crippen molar-refractivity contribution in [2.45, 2.75) is 49.8 Å². The van der Waals surface area contributed by atoms with Gasteiger partial charge in [0.05, 0.1) is 6.61 Å². The molecule has 22 heavy (non-hydrogen) atoms. The average molecular weight is 424 g/mol. The normalized spacial score (nSPS) is 14.0. The first-order valence-electron chi connectivity index (χ1n) is 6.86. The molecule has 0 aromatic heterocycles. The summed E-state index contributed by atoms with van der Waals surface area (Å²) in [6, 6.07) is -1.72. The summed E-state index contributed by atoms with van der Waals surface area (Å²) in [7, 11) is 0. The Morgan fingerprint density at radius 1 is 1.23 bits per heavy atom. The maximum Gasteiger partial charge on any atom is 0.407 e. The number of carbonyl (C=O) groups excluding carboxylic acids is 3. The Balaban J connectivity index is 4.21. The summed E-state index contributed by atoms with van der Waals surface area (Å²) >= 11 is 1.77. The van der Waals surface area contributed by atoms with Gasteiger partial charge in [-0.15, -0.1) is 6.42 Å². The molecule has 0 aromatic rings. The van der Waals surface area contributed by atoms with Crippen LogP contribution in [0.5, 0.6) is 0 Å². The molecule has 8 heteroatoms. The minimum Gasteiger partial charge on any atom is -0.450 e. The Morgan fingerprint density at radius 2 is 1.86 bits per heavy atom. The van der Waals surface area contributed by atoms with Gasteiger partial charge in [0.15, 0.2) is 0 Å². The number of esters is 1. The third-order valence-corrected chi connectivity index (χ3v) is 3.14. The average Bonchev–Trinajstić information content (AvgIpc) is 2.46. The fraction of sp³-hybridized carbons (Fsp3) is 0.643. The van der Waals surface area contributed by atoms with Crippen LogP contribution in [0.15, 0.2) is 0 Å². The summed E-state index contributed by atoms with van der Waals surface area (Å²) in [5.74, 6) is 1.06. The summed E-state index contributed by atoms with van der Waals surface area (Å²) in [6.07, 6.45) is 6.07. The zero-order valence-corrected chi connectivity index (χ0v) is 15.0. The lowest BCUT2D eigenvalue weighted by molar-refractivity contribution is -0.146. The fourth-order valence-electron chi connectivity index (χ4n) is 1.23. The topological polar surface area (TPSA) is 93.7 Å². The number of unbranched alkanes of at least 4 members (excludes halogenated alkanes) is 1. The van der Waals surface area contributed by atoms with Crippen molar-refractivity contribution in [3.63, 3.8) is 0 Å². The number of hydrogen-bond acceptors (Lipinski definition) is 5. The number of rotatable bonds is 8. The number of alkyl halides is 1. The second-order valence-electron chi connectivity index (χ2n) is 4.51. The number of carbonyl (C=O) groups is 3. The first kappa shape index (κ1) is 20.5. The molecule has 0 heterocycles. The molecule has 1 unspecified atom stereocenters. The highest BCUT2D eigenvalue weighted by molar-refractivity contribution is 14.1. The largest absolute Gasteiger partial charge is 0.450 e. The summed E-state index contributed by atoms with van der Waals surface area (Å²) in [4.78, 5) is 34.9. The van der Waals surface area contributed by atoms with Crippen LogP contribution >= 0.6 is 22.6 Å². The van der Waals surface area contributed by atoms with E-state index in [0.29, 0.717) is 6.61 Å². The van der Waals surface area contributed by atoms with E-state index >= 15 is 0 Å². The van der Waals surface area contributed by atoms with Crippen LogP contribution in [-0.2, 0) is 19.1 Å². The fourth-order valence-corrected chi connectivity index (χ4v) is 1.48. The van der Waals surface area contributed by atoms with Gasteiger partial charge in [-0.2, -0.15) is 0 Å². The van der Waals surface area contributed by atoms with Crippen LogP contribution in [0.1, 0.15) is 33.6 Å². The predicted molar refractivity (Wildman–Crippen MR) is 89.2 cm³/mol. The van der Waals surface area contributed by atoms with Gasteiger partial charge in [-0.3, -0.25) is 4.79 Å². The third-order valence-electron chi connectivity index (χ3n) is 2.52. The number of amides is 2. The molecule has 2 amide bonds. The van der Waals surface area contributed by atoms with E-state index in [0.717, 1.165) is 12.8 Å². The van der Waals surface area contributed by atoms with E-state index in [9.17, 15) is 14.4 Å². The summed E-state index contributed by atoms with van der Waals surface area (Å²) in [6.45, 7) is 5.21. The second kappa shape index (κ2) is 11.1. The van der Waals surface area contributed by atoms with Crippen molar-refractivity contribution in [3.05, 3.63) is 0 Å². The molecule has 0 aliphatic carbocycles. The van der Waals surface area contributed by atoms with Crippen LogP contribution in [0.4, 0.5) is 4.79 Å². The van der Waals surface area contributed by atoms with Gasteiger partial charge in [0.25, 0.3) is 0 Å². The highest BCUT2D eigenvalue weighted by atomic mass is 127. The molecule has 0 saturated heterocycles. The lowest BCUT2D eigenvalue weighted by Gasteiger charge is -2.18. The lowest BCUT2D eigenvalue weighted by atomic mass is 10.2. The number of nitrogens with one attached hydrogen (secondary N) is 2. The zero-order chi connectivity index (χ0) is 17.1. The maximum atomic E-state index is 11.8. The molecule has 7 nitrogen and oxygen atoms in total. The molecule has 0 spiro atoms. The second-order valence-corrected chi connectivity index (χ2v) is 5.64. The van der Waals surface area contributed by atoms with Gasteiger partial charge in [-0.25, -0.2) is 9.59 Å². The predicted octanol–water partition coefficient (Wildman–Crippen LogP) is 1.34. The zero-order valence-electron chi connectivity index (χ0n) is 12.8. The van der Waals surface area contributed by atoms with Crippen molar-refractivity contribution in [3.8, 4) is 12.3 Å². The molecular formula is C14H21IN2O5. The summed E-state index contributed by atoms with van der Waals surface area (Å²) in [5.41, 5.74) is 0. The third kappa shape index (κ3) is 8.71. The highest BCUT2D eigenvalue weighted by Gasteiger charge is 2.23. The van der Waals surface area contributed by atoms with Gasteiger partial charge >= 0.3 is 12.1 Å². The van der Waals surface area contributed by atoms with E-state index in [1.807, 2.05) is 6.92 Å². The van der Waals surface area contributed by atoms with Crippen molar-refractivity contribution in [1.29, 1.82) is 0 Å². The van der Waals surface area contributed by atoms with Crippen molar-refractivity contribution >= 4 is 40.6 Å². The molecule has 0 rings (SSSR count). The molecule has 124 valence electrons. The van der Waals surface area contributed by atoms with E-state index in [1.54, 1.807) is 22.6 Å². The van der Waals surface area contributed by atoms with Gasteiger partial charge in [0.1, 0.15) is 12.1 Å². The summed E-state index contributed by atoms with van der Waals surface area (Å²) < 4.78 is 9.05. The van der Waals surface area contributed by atoms with Crippen LogP contribution in [0.2, 0.25) is 0 Å². The van der Waals surface area contributed by atoms with Crippen molar-refractivity contribution in [2.75, 3.05) is 6.61 Å². The molecule has 0 radical (unpaired) electrons. The molecule has 0 fully saturated rings. The SMILES string of the molecule is C#CC(I)OC(=O)[C@H](C)NC(=O)[C@@H](C)NC(=O)OCCCC. The molecule has 0 saturated carbocycles. The Hall–Kier alpha value is -1.50. The van der Waals surface area contributed by atoms with Crippen molar-refractivity contribution in [2.24, 2.45) is 0 Å². The summed E-state index contributed by atoms with van der Waals surface area (Å²) in [5, 5.41) is 4.80. The first-order chi connectivity index (χ1) is 10.3. The highest BCUT2D eigenvalue weighted by Crippen LogP contribution is 2.03. The lowest BCUT2D eigenvalue weighted by Crippen LogP contribution is -2.50. The Labute approximate surface area is 144 Å². The first-order valence-corrected chi connectivity index (χ1v) is 8.10. The number of ether oxygens (including phenoxy) is 2. The van der Waals surface area contributed by atoms with Crippen molar-refractivity contribution in [1.82, 2.24) is 10.6 Å². The molecule has 0 bridgehead atoms. The Morgan fingerprint density at radius 3 is 2.41 bits per heavy atom. The quantitative estimate of drug-likeness (QED) is 0.202. The van der Waals surface area contributed by atoms with E-state index in [-0.39, 0.29) is 0 Å². The smallest absolute Gasteiger partial charge is 0.407 e. The van der Waals surface area contributed by atoms with E-state index in [1.165, 1.54) is 13.8 Å². The molecule has 3 atom stereocenters. The number of alkyl carbamates (subject to hydrolysis) is 1. The van der Waals surface area contributed by atoms with Crippen LogP contribution in [0, 0.1) is 12.3 Å². The van der Waals surface area contributed by atoms with Crippen LogP contribution in [0.25, 0.3) is 0 Å². The van der Waals surface area contributed by atoms with Gasteiger partial charge < -0.3 is 20.1 Å². The van der Waals surface area contributed by atoms with Gasteiger partial charge in [-0.05, 0) is 42.9 Å². The monoisotopic (exact) mass is 424 g/mol. The number of halogens is 1. The Kier molecular flexibility index (Phi) is 10.4. The van der Waals surface area contributed by atoms with Crippen molar-refractivity contribution < 1.29 is 23.9 Å². The molecule has 0 aliphatic heterocycles. The van der Waals surface area contributed by atoms with E-state index in [4.69, 9.17) is 15.9 Å². The molecule has 2 N–H and O–H groups in total. The minimum atomic E-state index is -0.876. The van der Waals surface area contributed by atoms with Gasteiger partial charge in [0.2, 0.25) is 10.0 Å². The molecule has 0 aliphatic rings. The molecule has 0 aromatic carbocycles. The number of terminal acetylenes is 1. The standard InChI is InChI=1S/C14H21IN2O5/c1-5-7-8-21-14(20)17-9(3)12(18)16-10(4)13(19)22-11(15)6-2/h2,9-11H,5,7-8H2,1,3-4H3,(H,16,18)(H,17,20)/t9-,10+,11?/m1/s1. The maximum absolute atomic E-state index is 11.8. The van der Waals surface area contributed by atoms with Crippen LogP contribution < -0.4 is 10.6 Å². The van der Waals surface area contributed by atoms with E-state index < -0.39 is 34.2 Å². The van der Waals surface area contributed by atoms with Gasteiger partial charge in [-0.1, -0.05) is 19.3 Å². The van der Waals surface area contributed by atoms with E-state index in [2.05, 4.69) is 16.6 Å². The minimum absolute atomic E-state index is 0.294. The van der Waals surface area contributed by atoms with Gasteiger partial charge in [0, 0.05) is 0 Å². The van der Waals surface area contributed by atoms with Crippen LogP contribution in [-0.4, -0.2) is 40.8 Å². The van der Waals surface area contributed by atoms with Crippen LogP contribution in [0.3, 0.4) is 0 Å². The Bertz CT molecular complexity index is 435. The number of hydrogen-bond donors (Lipinski definition) is 2. The molecular weight excluding hydrogens is 403 g/mol.